The molecule has 9 heteroatoms. The fourth-order valence-electron chi connectivity index (χ4n) is 2.39. The van der Waals surface area contributed by atoms with Gasteiger partial charge >= 0.3 is 0 Å². The molecule has 4 aromatic rings. The van der Waals surface area contributed by atoms with Crippen LogP contribution in [0.5, 0.6) is 0 Å². The largest absolute Gasteiger partial charge is 0.301 e. The number of amides is 1. The lowest BCUT2D eigenvalue weighted by atomic mass is 10.2. The lowest BCUT2D eigenvalue weighted by molar-refractivity contribution is -0.113. The summed E-state index contributed by atoms with van der Waals surface area (Å²) in [6.07, 6.45) is 0. The van der Waals surface area contributed by atoms with E-state index in [4.69, 9.17) is 11.6 Å². The van der Waals surface area contributed by atoms with Gasteiger partial charge in [-0.3, -0.25) is 4.79 Å². The Bertz CT molecular complexity index is 1120. The Morgan fingerprint density at radius 2 is 2.07 bits per heavy atom. The quantitative estimate of drug-likeness (QED) is 0.421. The molecule has 1 N–H and O–H groups in total. The number of carbonyl (C=O) groups excluding carboxylic acids is 1. The van der Waals surface area contributed by atoms with Crippen LogP contribution in [0.3, 0.4) is 0 Å². The second-order valence-electron chi connectivity index (χ2n) is 5.69. The topological polar surface area (TPSA) is 67.8 Å². The molecule has 0 aliphatic heterocycles. The average molecular weight is 433 g/mol. The van der Waals surface area contributed by atoms with Gasteiger partial charge in [0.05, 0.1) is 21.0 Å². The number of thiazole rings is 1. The standard InChI is InChI=1S/C18H13ClN4OS3/c1-10-6-7-13-14(8-10)26-17(20-13)21-15(24)9-25-18-22-16(23-27-18)11-4-2-3-5-12(11)19/h2-8H,9H2,1H3,(H,20,21,24). The van der Waals surface area contributed by atoms with Crippen LogP contribution in [-0.4, -0.2) is 26.0 Å². The predicted molar refractivity (Wildman–Crippen MR) is 114 cm³/mol. The number of halogens is 1. The molecule has 0 atom stereocenters. The molecule has 2 heterocycles. The monoisotopic (exact) mass is 432 g/mol. The highest BCUT2D eigenvalue weighted by Gasteiger charge is 2.13. The Labute approximate surface area is 173 Å². The first-order valence-corrected chi connectivity index (χ1v) is 10.9. The molecule has 2 aromatic heterocycles. The van der Waals surface area contributed by atoms with Crippen LogP contribution in [0.4, 0.5) is 5.13 Å². The van der Waals surface area contributed by atoms with Gasteiger partial charge in [0, 0.05) is 5.56 Å². The number of aromatic nitrogens is 3. The summed E-state index contributed by atoms with van der Waals surface area (Å²) in [7, 11) is 0. The maximum atomic E-state index is 12.2. The van der Waals surface area contributed by atoms with Gasteiger partial charge in [-0.15, -0.1) is 0 Å². The lowest BCUT2D eigenvalue weighted by Crippen LogP contribution is -2.13. The number of hydrogen-bond acceptors (Lipinski definition) is 7. The van der Waals surface area contributed by atoms with Crippen LogP contribution in [0.25, 0.3) is 21.6 Å². The molecule has 0 unspecified atom stereocenters. The molecule has 0 saturated heterocycles. The zero-order valence-corrected chi connectivity index (χ0v) is 17.3. The van der Waals surface area contributed by atoms with Crippen molar-refractivity contribution >= 4 is 67.5 Å². The highest BCUT2D eigenvalue weighted by atomic mass is 35.5. The summed E-state index contributed by atoms with van der Waals surface area (Å²) in [4.78, 5) is 21.1. The van der Waals surface area contributed by atoms with Crippen molar-refractivity contribution in [2.75, 3.05) is 11.1 Å². The number of carbonyl (C=O) groups is 1. The van der Waals surface area contributed by atoms with Gasteiger partial charge in [0.2, 0.25) is 5.91 Å². The van der Waals surface area contributed by atoms with Crippen molar-refractivity contribution in [3.63, 3.8) is 0 Å². The van der Waals surface area contributed by atoms with Gasteiger partial charge in [-0.1, -0.05) is 52.9 Å². The Morgan fingerprint density at radius 3 is 2.93 bits per heavy atom. The zero-order valence-electron chi connectivity index (χ0n) is 14.1. The van der Waals surface area contributed by atoms with E-state index >= 15 is 0 Å². The normalized spacial score (nSPS) is 11.0. The number of anilines is 1. The molecule has 4 rings (SSSR count). The van der Waals surface area contributed by atoms with Gasteiger partial charge in [0.25, 0.3) is 0 Å². The van der Waals surface area contributed by atoms with Crippen LogP contribution in [0.15, 0.2) is 46.8 Å². The molecule has 27 heavy (non-hydrogen) atoms. The molecular weight excluding hydrogens is 420 g/mol. The van der Waals surface area contributed by atoms with Crippen molar-refractivity contribution in [1.29, 1.82) is 0 Å². The second kappa shape index (κ2) is 7.93. The fourth-order valence-corrected chi connectivity index (χ4v) is 5.00. The second-order valence-corrected chi connectivity index (χ2v) is 9.10. The molecule has 0 aliphatic rings. The number of aryl methyl sites for hydroxylation is 1. The first-order chi connectivity index (χ1) is 13.1. The molecule has 0 spiro atoms. The molecule has 2 aromatic carbocycles. The first-order valence-electron chi connectivity index (χ1n) is 7.97. The van der Waals surface area contributed by atoms with Gasteiger partial charge in [-0.25, -0.2) is 9.97 Å². The predicted octanol–water partition coefficient (Wildman–Crippen LogP) is 5.51. The van der Waals surface area contributed by atoms with Crippen LogP contribution < -0.4 is 5.32 Å². The minimum Gasteiger partial charge on any atom is -0.301 e. The summed E-state index contributed by atoms with van der Waals surface area (Å²) in [6.45, 7) is 2.03. The summed E-state index contributed by atoms with van der Waals surface area (Å²) < 4.78 is 6.11. The van der Waals surface area contributed by atoms with Crippen LogP contribution in [0.1, 0.15) is 5.56 Å². The Morgan fingerprint density at radius 1 is 1.22 bits per heavy atom. The number of nitrogens with one attached hydrogen (secondary N) is 1. The molecule has 1 amide bonds. The Balaban J connectivity index is 1.38. The molecule has 0 saturated carbocycles. The van der Waals surface area contributed by atoms with Gasteiger partial charge < -0.3 is 5.32 Å². The average Bonchev–Trinajstić information content (AvgIpc) is 3.26. The van der Waals surface area contributed by atoms with E-state index in [0.29, 0.717) is 16.0 Å². The fraction of sp³-hybridized carbons (Fsp3) is 0.111. The van der Waals surface area contributed by atoms with Crippen molar-refractivity contribution in [3.8, 4) is 11.4 Å². The SMILES string of the molecule is Cc1ccc2nc(NC(=O)CSc3nc(-c4ccccc4Cl)ns3)sc2c1. The van der Waals surface area contributed by atoms with Crippen LogP contribution in [0, 0.1) is 6.92 Å². The number of thioether (sulfide) groups is 1. The molecule has 0 bridgehead atoms. The third kappa shape index (κ3) is 4.30. The number of hydrogen-bond donors (Lipinski definition) is 1. The van der Waals surface area contributed by atoms with E-state index in [9.17, 15) is 4.79 Å². The van der Waals surface area contributed by atoms with Gasteiger partial charge in [0.1, 0.15) is 0 Å². The van der Waals surface area contributed by atoms with Crippen LogP contribution >= 0.6 is 46.2 Å². The van der Waals surface area contributed by atoms with Crippen molar-refractivity contribution < 1.29 is 4.79 Å². The maximum Gasteiger partial charge on any atom is 0.236 e. The molecular formula is C18H13ClN4OS3. The van der Waals surface area contributed by atoms with Crippen LogP contribution in [0.2, 0.25) is 5.02 Å². The van der Waals surface area contributed by atoms with Gasteiger partial charge in [-0.05, 0) is 48.3 Å². The molecule has 136 valence electrons. The maximum absolute atomic E-state index is 12.2. The third-order valence-corrected chi connectivity index (χ3v) is 6.74. The van der Waals surface area contributed by atoms with E-state index in [0.717, 1.165) is 20.1 Å². The van der Waals surface area contributed by atoms with E-state index in [1.165, 1.54) is 40.2 Å². The summed E-state index contributed by atoms with van der Waals surface area (Å²) in [5.74, 6) is 0.701. The van der Waals surface area contributed by atoms with E-state index in [-0.39, 0.29) is 11.7 Å². The van der Waals surface area contributed by atoms with E-state index < -0.39 is 0 Å². The smallest absolute Gasteiger partial charge is 0.236 e. The number of fused-ring (bicyclic) bond motifs is 1. The third-order valence-electron chi connectivity index (χ3n) is 3.64. The summed E-state index contributed by atoms with van der Waals surface area (Å²) in [6, 6.07) is 13.5. The van der Waals surface area contributed by atoms with Crippen molar-refractivity contribution in [2.24, 2.45) is 0 Å². The first kappa shape index (κ1) is 18.4. The molecule has 0 radical (unpaired) electrons. The number of benzene rings is 2. The lowest BCUT2D eigenvalue weighted by Gasteiger charge is -1.99. The Kier molecular flexibility index (Phi) is 5.40. The number of rotatable bonds is 5. The van der Waals surface area contributed by atoms with Crippen molar-refractivity contribution in [1.82, 2.24) is 14.3 Å². The molecule has 0 aliphatic carbocycles. The minimum atomic E-state index is -0.120. The summed E-state index contributed by atoms with van der Waals surface area (Å²) in [5.41, 5.74) is 2.85. The minimum absolute atomic E-state index is 0.120. The van der Waals surface area contributed by atoms with Crippen molar-refractivity contribution in [3.05, 3.63) is 53.1 Å². The Hall–Kier alpha value is -2.00. The van der Waals surface area contributed by atoms with Crippen molar-refractivity contribution in [2.45, 2.75) is 11.3 Å². The summed E-state index contributed by atoms with van der Waals surface area (Å²) in [5, 5.41) is 4.07. The van der Waals surface area contributed by atoms with Gasteiger partial charge in [-0.2, -0.15) is 4.37 Å². The van der Waals surface area contributed by atoms with Crippen LogP contribution in [-0.2, 0) is 4.79 Å². The molecule has 5 nitrogen and oxygen atoms in total. The van der Waals surface area contributed by atoms with E-state index in [2.05, 4.69) is 25.7 Å². The highest BCUT2D eigenvalue weighted by Crippen LogP contribution is 2.30. The van der Waals surface area contributed by atoms with E-state index in [1.807, 2.05) is 37.3 Å². The highest BCUT2D eigenvalue weighted by molar-refractivity contribution is 8.01. The molecule has 0 fully saturated rings. The van der Waals surface area contributed by atoms with Gasteiger partial charge in [0.15, 0.2) is 15.3 Å². The number of nitrogens with zero attached hydrogens (tertiary/aromatic N) is 3. The van der Waals surface area contributed by atoms with E-state index in [1.54, 1.807) is 6.07 Å². The zero-order chi connectivity index (χ0) is 18.8. The summed E-state index contributed by atoms with van der Waals surface area (Å²) >= 11 is 10.3.